The van der Waals surface area contributed by atoms with Gasteiger partial charge in [0.15, 0.2) is 5.82 Å². The summed E-state index contributed by atoms with van der Waals surface area (Å²) >= 11 is 2.00. The van der Waals surface area contributed by atoms with Crippen molar-refractivity contribution in [2.45, 2.75) is 26.7 Å². The van der Waals surface area contributed by atoms with Crippen LogP contribution in [0.25, 0.3) is 0 Å². The second-order valence-corrected chi connectivity index (χ2v) is 4.78. The van der Waals surface area contributed by atoms with E-state index in [4.69, 9.17) is 0 Å². The quantitative estimate of drug-likeness (QED) is 0.660. The topological polar surface area (TPSA) is 53.6 Å². The first-order valence-electron chi connectivity index (χ1n) is 5.49. The molecule has 1 heterocycles. The molecule has 5 heteroatoms. The lowest BCUT2D eigenvalue weighted by atomic mass is 10.4. The van der Waals surface area contributed by atoms with Gasteiger partial charge in [-0.1, -0.05) is 6.92 Å². The minimum absolute atomic E-state index is 0.893. The van der Waals surface area contributed by atoms with E-state index in [0.29, 0.717) is 0 Å². The Bertz CT molecular complexity index is 262. The molecular formula is C10H20N4S. The van der Waals surface area contributed by atoms with Gasteiger partial charge in [-0.15, -0.1) is 0 Å². The monoisotopic (exact) mass is 228 g/mol. The van der Waals surface area contributed by atoms with Crippen LogP contribution in [0.2, 0.25) is 0 Å². The highest BCUT2D eigenvalue weighted by Gasteiger charge is 1.98. The van der Waals surface area contributed by atoms with E-state index < -0.39 is 0 Å². The maximum absolute atomic E-state index is 4.25. The van der Waals surface area contributed by atoms with Gasteiger partial charge in [-0.2, -0.15) is 16.9 Å². The van der Waals surface area contributed by atoms with E-state index in [2.05, 4.69) is 27.4 Å². The van der Waals surface area contributed by atoms with Crippen LogP contribution in [0, 0.1) is 6.92 Å². The van der Waals surface area contributed by atoms with Crippen LogP contribution >= 0.6 is 11.8 Å². The van der Waals surface area contributed by atoms with Crippen LogP contribution in [0.3, 0.4) is 0 Å². The molecule has 1 rings (SSSR count). The van der Waals surface area contributed by atoms with E-state index in [1.54, 1.807) is 0 Å². The van der Waals surface area contributed by atoms with Crippen LogP contribution in [0.5, 0.6) is 0 Å². The molecule has 0 bridgehead atoms. The summed E-state index contributed by atoms with van der Waals surface area (Å²) in [6.45, 7) is 6.18. The Balaban J connectivity index is 1.93. The van der Waals surface area contributed by atoms with Gasteiger partial charge < -0.3 is 5.32 Å². The third kappa shape index (κ3) is 5.79. The lowest BCUT2D eigenvalue weighted by Gasteiger charge is -2.01. The molecule has 86 valence electrons. The van der Waals surface area contributed by atoms with Crippen molar-refractivity contribution in [3.05, 3.63) is 11.6 Å². The zero-order valence-electron chi connectivity index (χ0n) is 9.55. The molecule has 0 radical (unpaired) electrons. The molecule has 0 aliphatic carbocycles. The number of nitrogens with one attached hydrogen (secondary N) is 2. The summed E-state index contributed by atoms with van der Waals surface area (Å²) in [4.78, 5) is 4.25. The van der Waals surface area contributed by atoms with Crippen molar-refractivity contribution >= 4 is 11.8 Å². The van der Waals surface area contributed by atoms with Crippen molar-refractivity contribution in [1.82, 2.24) is 20.5 Å². The summed E-state index contributed by atoms with van der Waals surface area (Å²) in [5.74, 6) is 4.27. The number of hydrogen-bond acceptors (Lipinski definition) is 4. The molecule has 0 unspecified atom stereocenters. The van der Waals surface area contributed by atoms with Crippen molar-refractivity contribution in [2.24, 2.45) is 0 Å². The third-order valence-corrected chi connectivity index (χ3v) is 3.00. The Morgan fingerprint density at radius 3 is 2.93 bits per heavy atom. The van der Waals surface area contributed by atoms with Gasteiger partial charge in [0.25, 0.3) is 0 Å². The average molecular weight is 228 g/mol. The Morgan fingerprint density at radius 2 is 2.27 bits per heavy atom. The zero-order chi connectivity index (χ0) is 10.9. The van der Waals surface area contributed by atoms with Gasteiger partial charge >= 0.3 is 0 Å². The van der Waals surface area contributed by atoms with Gasteiger partial charge in [0.2, 0.25) is 0 Å². The SMILES string of the molecule is CCSCCCNCCc1n[nH]c(C)n1. The second-order valence-electron chi connectivity index (χ2n) is 3.39. The molecule has 0 aliphatic rings. The van der Waals surface area contributed by atoms with Crippen molar-refractivity contribution in [3.63, 3.8) is 0 Å². The fourth-order valence-electron chi connectivity index (χ4n) is 1.27. The minimum Gasteiger partial charge on any atom is -0.316 e. The summed E-state index contributed by atoms with van der Waals surface area (Å²) in [5, 5.41) is 10.3. The molecule has 1 aromatic rings. The van der Waals surface area contributed by atoms with Crippen LogP contribution in [0.15, 0.2) is 0 Å². The Labute approximate surface area is 95.6 Å². The summed E-state index contributed by atoms with van der Waals surface area (Å²) in [7, 11) is 0. The predicted molar refractivity (Wildman–Crippen MR) is 65.3 cm³/mol. The van der Waals surface area contributed by atoms with E-state index >= 15 is 0 Å². The molecule has 15 heavy (non-hydrogen) atoms. The smallest absolute Gasteiger partial charge is 0.151 e. The summed E-state index contributed by atoms with van der Waals surface area (Å²) < 4.78 is 0. The summed E-state index contributed by atoms with van der Waals surface area (Å²) in [6, 6.07) is 0. The highest BCUT2D eigenvalue weighted by molar-refractivity contribution is 7.99. The van der Waals surface area contributed by atoms with Crippen molar-refractivity contribution in [2.75, 3.05) is 24.6 Å². The van der Waals surface area contributed by atoms with Crippen molar-refractivity contribution in [1.29, 1.82) is 0 Å². The van der Waals surface area contributed by atoms with Gasteiger partial charge in [0.05, 0.1) is 0 Å². The third-order valence-electron chi connectivity index (χ3n) is 2.02. The molecule has 0 fully saturated rings. The molecular weight excluding hydrogens is 208 g/mol. The minimum atomic E-state index is 0.893. The number of nitrogens with zero attached hydrogens (tertiary/aromatic N) is 2. The lowest BCUT2D eigenvalue weighted by Crippen LogP contribution is -2.19. The number of hydrogen-bond donors (Lipinski definition) is 2. The summed E-state index contributed by atoms with van der Waals surface area (Å²) in [5.41, 5.74) is 0. The van der Waals surface area contributed by atoms with Gasteiger partial charge in [-0.05, 0) is 31.4 Å². The van der Waals surface area contributed by atoms with E-state index in [0.717, 1.165) is 31.2 Å². The number of rotatable bonds is 8. The molecule has 1 aromatic heterocycles. The average Bonchev–Trinajstić information content (AvgIpc) is 2.63. The molecule has 2 N–H and O–H groups in total. The fourth-order valence-corrected chi connectivity index (χ4v) is 1.91. The Kier molecular flexibility index (Phi) is 6.43. The molecule has 0 atom stereocenters. The lowest BCUT2D eigenvalue weighted by molar-refractivity contribution is 0.661. The van der Waals surface area contributed by atoms with Crippen LogP contribution in [0.1, 0.15) is 25.0 Å². The molecule has 0 saturated heterocycles. The fraction of sp³-hybridized carbons (Fsp3) is 0.800. The first-order valence-corrected chi connectivity index (χ1v) is 6.64. The normalized spacial score (nSPS) is 10.8. The maximum atomic E-state index is 4.25. The number of aromatic nitrogens is 3. The molecule has 0 aromatic carbocycles. The van der Waals surface area contributed by atoms with Crippen LogP contribution in [0.4, 0.5) is 0 Å². The van der Waals surface area contributed by atoms with Crippen LogP contribution < -0.4 is 5.32 Å². The number of thioether (sulfide) groups is 1. The van der Waals surface area contributed by atoms with Crippen LogP contribution in [-0.2, 0) is 6.42 Å². The standard InChI is InChI=1S/C10H20N4S/c1-3-15-8-4-6-11-7-5-10-12-9(2)13-14-10/h11H,3-8H2,1-2H3,(H,12,13,14). The van der Waals surface area contributed by atoms with Crippen LogP contribution in [-0.4, -0.2) is 39.8 Å². The number of aryl methyl sites for hydroxylation is 1. The molecule has 0 aliphatic heterocycles. The van der Waals surface area contributed by atoms with E-state index in [9.17, 15) is 0 Å². The van der Waals surface area contributed by atoms with E-state index in [1.807, 2.05) is 18.7 Å². The Morgan fingerprint density at radius 1 is 1.40 bits per heavy atom. The van der Waals surface area contributed by atoms with E-state index in [1.165, 1.54) is 17.9 Å². The highest BCUT2D eigenvalue weighted by Crippen LogP contribution is 1.99. The zero-order valence-corrected chi connectivity index (χ0v) is 10.4. The summed E-state index contributed by atoms with van der Waals surface area (Å²) in [6.07, 6.45) is 2.15. The molecule has 0 amide bonds. The predicted octanol–water partition coefficient (Wildman–Crippen LogP) is 1.39. The van der Waals surface area contributed by atoms with Gasteiger partial charge in [0, 0.05) is 13.0 Å². The highest BCUT2D eigenvalue weighted by atomic mass is 32.2. The van der Waals surface area contributed by atoms with Crippen molar-refractivity contribution < 1.29 is 0 Å². The van der Waals surface area contributed by atoms with Gasteiger partial charge in [0.1, 0.15) is 5.82 Å². The molecule has 0 spiro atoms. The maximum Gasteiger partial charge on any atom is 0.151 e. The number of aromatic amines is 1. The van der Waals surface area contributed by atoms with Crippen molar-refractivity contribution in [3.8, 4) is 0 Å². The molecule has 0 saturated carbocycles. The van der Waals surface area contributed by atoms with Gasteiger partial charge in [-0.3, -0.25) is 5.10 Å². The molecule has 4 nitrogen and oxygen atoms in total. The first-order chi connectivity index (χ1) is 7.33. The second kappa shape index (κ2) is 7.70. The van der Waals surface area contributed by atoms with E-state index in [-0.39, 0.29) is 0 Å². The Hall–Kier alpha value is -0.550. The number of H-pyrrole nitrogens is 1. The first kappa shape index (κ1) is 12.5. The van der Waals surface area contributed by atoms with Gasteiger partial charge in [-0.25, -0.2) is 4.98 Å². The largest absolute Gasteiger partial charge is 0.316 e.